The molecule has 2 heteroatoms. The van der Waals surface area contributed by atoms with Crippen LogP contribution >= 0.6 is 0 Å². The molecule has 1 aliphatic rings. The van der Waals surface area contributed by atoms with Crippen molar-refractivity contribution in [2.24, 2.45) is 0 Å². The lowest BCUT2D eigenvalue weighted by Gasteiger charge is -2.22. The molecule has 0 aromatic heterocycles. The predicted octanol–water partition coefficient (Wildman–Crippen LogP) is 3.27. The van der Waals surface area contributed by atoms with E-state index in [1.165, 1.54) is 11.6 Å². The van der Waals surface area contributed by atoms with Crippen molar-refractivity contribution >= 4 is 0 Å². The Kier molecular flexibility index (Phi) is 2.44. The molecule has 14 heavy (non-hydrogen) atoms. The van der Waals surface area contributed by atoms with Crippen LogP contribution in [0.2, 0.25) is 0 Å². The van der Waals surface area contributed by atoms with Crippen molar-refractivity contribution in [2.45, 2.75) is 32.6 Å². The Morgan fingerprint density at radius 2 is 2.14 bits per heavy atom. The van der Waals surface area contributed by atoms with Crippen LogP contribution in [-0.4, -0.2) is 6.61 Å². The Morgan fingerprint density at radius 3 is 2.86 bits per heavy atom. The first-order valence-corrected chi connectivity index (χ1v) is 5.13. The first-order valence-electron chi connectivity index (χ1n) is 5.13. The molecule has 76 valence electrons. The molecule has 0 saturated heterocycles. The van der Waals surface area contributed by atoms with Gasteiger partial charge in [-0.3, -0.25) is 0 Å². The second-order valence-electron chi connectivity index (χ2n) is 4.08. The maximum Gasteiger partial charge on any atom is 0.127 e. The van der Waals surface area contributed by atoms with Gasteiger partial charge in [0.2, 0.25) is 0 Å². The lowest BCUT2D eigenvalue weighted by molar-refractivity contribution is 0.285. The van der Waals surface area contributed by atoms with Crippen molar-refractivity contribution in [1.82, 2.24) is 0 Å². The fraction of sp³-hybridized carbons (Fsp3) is 0.500. The van der Waals surface area contributed by atoms with E-state index in [2.05, 4.69) is 13.8 Å². The molecule has 1 nitrogen and oxygen atoms in total. The molecule has 0 spiro atoms. The molecule has 0 N–H and O–H groups in total. The van der Waals surface area contributed by atoms with E-state index in [-0.39, 0.29) is 5.82 Å². The summed E-state index contributed by atoms with van der Waals surface area (Å²) in [5.74, 6) is 0.926. The van der Waals surface area contributed by atoms with Crippen LogP contribution < -0.4 is 4.74 Å². The zero-order chi connectivity index (χ0) is 10.1. The first-order chi connectivity index (χ1) is 6.68. The number of hydrogen-bond acceptors (Lipinski definition) is 1. The van der Waals surface area contributed by atoms with Crippen LogP contribution in [0.5, 0.6) is 5.75 Å². The summed E-state index contributed by atoms with van der Waals surface area (Å²) in [5.41, 5.74) is 2.30. The molecule has 1 aromatic carbocycles. The highest BCUT2D eigenvalue weighted by molar-refractivity contribution is 5.43. The van der Waals surface area contributed by atoms with E-state index in [0.717, 1.165) is 24.2 Å². The lowest BCUT2D eigenvalue weighted by atomic mass is 9.92. The van der Waals surface area contributed by atoms with Gasteiger partial charge in [-0.25, -0.2) is 4.39 Å². The summed E-state index contributed by atoms with van der Waals surface area (Å²) >= 11 is 0. The minimum absolute atomic E-state index is 0.186. The molecule has 0 fully saturated rings. The van der Waals surface area contributed by atoms with E-state index >= 15 is 0 Å². The molecule has 1 aliphatic heterocycles. The predicted molar refractivity (Wildman–Crippen MR) is 54.3 cm³/mol. The van der Waals surface area contributed by atoms with Crippen molar-refractivity contribution < 1.29 is 9.13 Å². The van der Waals surface area contributed by atoms with Crippen molar-refractivity contribution in [3.63, 3.8) is 0 Å². The highest BCUT2D eigenvalue weighted by Gasteiger charge is 2.17. The topological polar surface area (TPSA) is 9.23 Å². The first kappa shape index (κ1) is 9.50. The average molecular weight is 194 g/mol. The maximum absolute atomic E-state index is 13.2. The lowest BCUT2D eigenvalue weighted by Crippen LogP contribution is -2.11. The quantitative estimate of drug-likeness (QED) is 0.666. The average Bonchev–Trinajstić information content (AvgIpc) is 2.16. The molecular formula is C12H15FO. The van der Waals surface area contributed by atoms with E-state index < -0.39 is 0 Å². The smallest absolute Gasteiger partial charge is 0.127 e. The van der Waals surface area contributed by atoms with Gasteiger partial charge in [0, 0.05) is 6.07 Å². The third kappa shape index (κ3) is 1.61. The minimum atomic E-state index is -0.186. The molecular weight excluding hydrogens is 179 g/mol. The Bertz CT molecular complexity index is 344. The molecule has 0 bridgehead atoms. The van der Waals surface area contributed by atoms with Gasteiger partial charge >= 0.3 is 0 Å². The molecule has 1 heterocycles. The van der Waals surface area contributed by atoms with Gasteiger partial charge in [-0.15, -0.1) is 0 Å². The van der Waals surface area contributed by atoms with Gasteiger partial charge in [0.05, 0.1) is 6.61 Å². The summed E-state index contributed by atoms with van der Waals surface area (Å²) in [6, 6.07) is 3.14. The number of fused-ring (bicyclic) bond motifs is 1. The van der Waals surface area contributed by atoms with E-state index in [9.17, 15) is 4.39 Å². The van der Waals surface area contributed by atoms with Gasteiger partial charge in [0.1, 0.15) is 11.6 Å². The summed E-state index contributed by atoms with van der Waals surface area (Å²) in [7, 11) is 0. The third-order valence-electron chi connectivity index (χ3n) is 2.66. The number of rotatable bonds is 1. The second kappa shape index (κ2) is 3.60. The molecule has 0 amide bonds. The minimum Gasteiger partial charge on any atom is -0.493 e. The van der Waals surface area contributed by atoms with E-state index in [0.29, 0.717) is 12.5 Å². The normalized spacial score (nSPS) is 15.1. The largest absolute Gasteiger partial charge is 0.493 e. The van der Waals surface area contributed by atoms with Crippen molar-refractivity contribution in [1.29, 1.82) is 0 Å². The summed E-state index contributed by atoms with van der Waals surface area (Å²) in [6.45, 7) is 4.89. The van der Waals surface area contributed by atoms with Gasteiger partial charge < -0.3 is 4.74 Å². The van der Waals surface area contributed by atoms with E-state index in [1.54, 1.807) is 6.07 Å². The highest BCUT2D eigenvalue weighted by Crippen LogP contribution is 2.32. The standard InChI is InChI=1S/C12H15FO/c1-8(2)11-6-9(13)7-12-10(11)4-3-5-14-12/h6-8H,3-5H2,1-2H3. The molecule has 0 unspecified atom stereocenters. The second-order valence-corrected chi connectivity index (χ2v) is 4.08. The summed E-state index contributed by atoms with van der Waals surface area (Å²) < 4.78 is 18.7. The summed E-state index contributed by atoms with van der Waals surface area (Å²) in [4.78, 5) is 0. The highest BCUT2D eigenvalue weighted by atomic mass is 19.1. The fourth-order valence-corrected chi connectivity index (χ4v) is 1.97. The number of benzene rings is 1. The number of hydrogen-bond donors (Lipinski definition) is 0. The SMILES string of the molecule is CC(C)c1cc(F)cc2c1CCCO2. The van der Waals surface area contributed by atoms with E-state index in [4.69, 9.17) is 4.74 Å². The Morgan fingerprint density at radius 1 is 1.36 bits per heavy atom. The Balaban J connectivity index is 2.52. The Labute approximate surface area is 83.9 Å². The van der Waals surface area contributed by atoms with Crippen LogP contribution in [-0.2, 0) is 6.42 Å². The molecule has 2 rings (SSSR count). The summed E-state index contributed by atoms with van der Waals surface area (Å²) in [5, 5.41) is 0. The van der Waals surface area contributed by atoms with Gasteiger partial charge in [-0.1, -0.05) is 13.8 Å². The van der Waals surface area contributed by atoms with Crippen LogP contribution in [0.3, 0.4) is 0 Å². The Hall–Kier alpha value is -1.05. The monoisotopic (exact) mass is 194 g/mol. The van der Waals surface area contributed by atoms with Gasteiger partial charge in [0.15, 0.2) is 0 Å². The van der Waals surface area contributed by atoms with Crippen LogP contribution in [0.15, 0.2) is 12.1 Å². The van der Waals surface area contributed by atoms with Crippen LogP contribution in [0.25, 0.3) is 0 Å². The van der Waals surface area contributed by atoms with Gasteiger partial charge in [-0.2, -0.15) is 0 Å². The van der Waals surface area contributed by atoms with Gasteiger partial charge in [-0.05, 0) is 36.0 Å². The summed E-state index contributed by atoms with van der Waals surface area (Å²) in [6.07, 6.45) is 2.06. The number of halogens is 1. The molecule has 0 atom stereocenters. The molecule has 1 aromatic rings. The van der Waals surface area contributed by atoms with Crippen molar-refractivity contribution in [3.05, 3.63) is 29.1 Å². The zero-order valence-corrected chi connectivity index (χ0v) is 8.64. The molecule has 0 radical (unpaired) electrons. The van der Waals surface area contributed by atoms with E-state index in [1.807, 2.05) is 0 Å². The van der Waals surface area contributed by atoms with Crippen LogP contribution in [0.4, 0.5) is 4.39 Å². The molecule has 0 aliphatic carbocycles. The maximum atomic E-state index is 13.2. The van der Waals surface area contributed by atoms with Crippen LogP contribution in [0.1, 0.15) is 37.3 Å². The number of ether oxygens (including phenoxy) is 1. The molecule has 0 saturated carbocycles. The third-order valence-corrected chi connectivity index (χ3v) is 2.66. The van der Waals surface area contributed by atoms with Gasteiger partial charge in [0.25, 0.3) is 0 Å². The van der Waals surface area contributed by atoms with Crippen LogP contribution in [0, 0.1) is 5.82 Å². The zero-order valence-electron chi connectivity index (χ0n) is 8.64. The fourth-order valence-electron chi connectivity index (χ4n) is 1.97. The van der Waals surface area contributed by atoms with Crippen molar-refractivity contribution in [3.8, 4) is 5.75 Å². The van der Waals surface area contributed by atoms with Crippen molar-refractivity contribution in [2.75, 3.05) is 6.61 Å².